The molecule has 0 spiro atoms. The van der Waals surface area contributed by atoms with Crippen molar-refractivity contribution >= 4 is 0 Å². The van der Waals surface area contributed by atoms with Crippen LogP contribution >= 0.6 is 0 Å². The molecule has 1 N–H and O–H groups in total. The average Bonchev–Trinajstić information content (AvgIpc) is 2.89. The summed E-state index contributed by atoms with van der Waals surface area (Å²) in [5, 5.41) is 3.38. The van der Waals surface area contributed by atoms with Gasteiger partial charge in [-0.05, 0) is 31.8 Å². The molecule has 0 aliphatic heterocycles. The summed E-state index contributed by atoms with van der Waals surface area (Å²) >= 11 is 0. The van der Waals surface area contributed by atoms with Crippen LogP contribution in [0.2, 0.25) is 0 Å². The van der Waals surface area contributed by atoms with Crippen LogP contribution in [0, 0.1) is 11.8 Å². The summed E-state index contributed by atoms with van der Waals surface area (Å²) < 4.78 is 0. The Hall–Kier alpha value is -0.0400. The second-order valence-corrected chi connectivity index (χ2v) is 6.98. The fraction of sp³-hybridized carbons (Fsp3) is 1.00. The lowest BCUT2D eigenvalue weighted by atomic mass is 9.90. The third-order valence-electron chi connectivity index (χ3n) is 5.21. The number of hydrogen-bond acceptors (Lipinski definition) is 1. The molecule has 0 aromatic carbocycles. The molecule has 0 aromatic rings. The van der Waals surface area contributed by atoms with Crippen LogP contribution in [0.4, 0.5) is 0 Å². The van der Waals surface area contributed by atoms with Crippen LogP contribution in [-0.2, 0) is 0 Å². The highest BCUT2D eigenvalue weighted by molar-refractivity contribution is 4.78. The maximum Gasteiger partial charge on any atom is -0.00209 e. The summed E-state index contributed by atoms with van der Waals surface area (Å²) in [6.07, 6.45) is 20.6. The Bertz CT molecular complexity index is 202. The molecule has 0 amide bonds. The maximum absolute atomic E-state index is 3.38. The zero-order valence-electron chi connectivity index (χ0n) is 14.3. The van der Waals surface area contributed by atoms with Gasteiger partial charge in [0.2, 0.25) is 0 Å². The topological polar surface area (TPSA) is 12.0 Å². The van der Waals surface area contributed by atoms with Gasteiger partial charge in [-0.2, -0.15) is 0 Å². The van der Waals surface area contributed by atoms with E-state index in [2.05, 4.69) is 19.3 Å². The minimum Gasteiger partial charge on any atom is -0.319 e. The second kappa shape index (κ2) is 12.7. The molecule has 0 radical (unpaired) electrons. The standard InChI is InChI=1S/C19H39N/c1-3-4-5-6-7-8-9-10-11-12-14-18-15-13-16-19(18)17-20-2/h18-20H,3-17H2,1-2H3. The van der Waals surface area contributed by atoms with Gasteiger partial charge in [0.15, 0.2) is 0 Å². The van der Waals surface area contributed by atoms with Gasteiger partial charge in [0.25, 0.3) is 0 Å². The van der Waals surface area contributed by atoms with E-state index in [1.165, 1.54) is 96.4 Å². The van der Waals surface area contributed by atoms with Gasteiger partial charge >= 0.3 is 0 Å². The molecule has 0 bridgehead atoms. The highest BCUT2D eigenvalue weighted by atomic mass is 14.8. The molecule has 1 heteroatoms. The van der Waals surface area contributed by atoms with Crippen LogP contribution in [0.1, 0.15) is 96.8 Å². The molecular weight excluding hydrogens is 242 g/mol. The Balaban J connectivity index is 1.84. The largest absolute Gasteiger partial charge is 0.319 e. The van der Waals surface area contributed by atoms with E-state index in [-0.39, 0.29) is 0 Å². The fourth-order valence-corrected chi connectivity index (χ4v) is 3.92. The van der Waals surface area contributed by atoms with Crippen molar-refractivity contribution in [2.45, 2.75) is 96.8 Å². The second-order valence-electron chi connectivity index (χ2n) is 6.98. The van der Waals surface area contributed by atoms with Gasteiger partial charge in [0.05, 0.1) is 0 Å². The molecule has 20 heavy (non-hydrogen) atoms. The quantitative estimate of drug-likeness (QED) is 0.412. The van der Waals surface area contributed by atoms with Crippen molar-refractivity contribution in [1.82, 2.24) is 5.32 Å². The summed E-state index contributed by atoms with van der Waals surface area (Å²) in [5.74, 6) is 2.02. The van der Waals surface area contributed by atoms with Gasteiger partial charge in [-0.3, -0.25) is 0 Å². The Morgan fingerprint density at radius 1 is 0.750 bits per heavy atom. The summed E-state index contributed by atoms with van der Waals surface area (Å²) in [7, 11) is 2.11. The van der Waals surface area contributed by atoms with Crippen LogP contribution in [0.5, 0.6) is 0 Å². The van der Waals surface area contributed by atoms with E-state index in [1.807, 2.05) is 0 Å². The summed E-state index contributed by atoms with van der Waals surface area (Å²) in [6.45, 7) is 3.55. The Morgan fingerprint density at radius 2 is 1.30 bits per heavy atom. The Labute approximate surface area is 128 Å². The van der Waals surface area contributed by atoms with Crippen molar-refractivity contribution in [1.29, 1.82) is 0 Å². The highest BCUT2D eigenvalue weighted by Gasteiger charge is 2.25. The summed E-state index contributed by atoms with van der Waals surface area (Å²) in [4.78, 5) is 0. The molecule has 2 atom stereocenters. The van der Waals surface area contributed by atoms with Crippen molar-refractivity contribution in [3.8, 4) is 0 Å². The van der Waals surface area contributed by atoms with Gasteiger partial charge < -0.3 is 5.32 Å². The van der Waals surface area contributed by atoms with Crippen LogP contribution < -0.4 is 5.32 Å². The predicted octanol–water partition coefficient (Wildman–Crippen LogP) is 5.93. The Kier molecular flexibility index (Phi) is 11.4. The van der Waals surface area contributed by atoms with Crippen LogP contribution in [0.25, 0.3) is 0 Å². The highest BCUT2D eigenvalue weighted by Crippen LogP contribution is 2.34. The first-order valence-electron chi connectivity index (χ1n) is 9.53. The van der Waals surface area contributed by atoms with Gasteiger partial charge in [-0.15, -0.1) is 0 Å². The summed E-state index contributed by atoms with van der Waals surface area (Å²) in [5.41, 5.74) is 0. The number of unbranched alkanes of at least 4 members (excludes halogenated alkanes) is 9. The molecule has 0 heterocycles. The SMILES string of the molecule is CCCCCCCCCCCCC1CCCC1CNC. The number of rotatable bonds is 13. The third-order valence-corrected chi connectivity index (χ3v) is 5.21. The van der Waals surface area contributed by atoms with E-state index in [1.54, 1.807) is 0 Å². The van der Waals surface area contributed by atoms with E-state index < -0.39 is 0 Å². The molecule has 120 valence electrons. The average molecular weight is 282 g/mol. The molecule has 1 nitrogen and oxygen atoms in total. The van der Waals surface area contributed by atoms with Gasteiger partial charge in [-0.1, -0.05) is 90.4 Å². The normalized spacial score (nSPS) is 22.5. The van der Waals surface area contributed by atoms with Crippen LogP contribution in [0.3, 0.4) is 0 Å². The van der Waals surface area contributed by atoms with Crippen molar-refractivity contribution < 1.29 is 0 Å². The van der Waals surface area contributed by atoms with Crippen molar-refractivity contribution in [3.05, 3.63) is 0 Å². The van der Waals surface area contributed by atoms with Gasteiger partial charge in [0.1, 0.15) is 0 Å². The zero-order valence-corrected chi connectivity index (χ0v) is 14.3. The first-order valence-corrected chi connectivity index (χ1v) is 9.53. The van der Waals surface area contributed by atoms with Crippen LogP contribution in [-0.4, -0.2) is 13.6 Å². The lowest BCUT2D eigenvalue weighted by Gasteiger charge is -2.19. The fourth-order valence-electron chi connectivity index (χ4n) is 3.92. The smallest absolute Gasteiger partial charge is 0.00209 e. The zero-order chi connectivity index (χ0) is 14.5. The minimum atomic E-state index is 0.985. The first-order chi connectivity index (χ1) is 9.88. The van der Waals surface area contributed by atoms with Crippen molar-refractivity contribution in [2.75, 3.05) is 13.6 Å². The lowest BCUT2D eigenvalue weighted by molar-refractivity contribution is 0.342. The first kappa shape index (κ1) is 18.0. The van der Waals surface area contributed by atoms with E-state index >= 15 is 0 Å². The minimum absolute atomic E-state index is 0.985. The van der Waals surface area contributed by atoms with Crippen LogP contribution in [0.15, 0.2) is 0 Å². The van der Waals surface area contributed by atoms with E-state index in [9.17, 15) is 0 Å². The molecule has 1 rings (SSSR count). The number of nitrogens with one attached hydrogen (secondary N) is 1. The number of hydrogen-bond donors (Lipinski definition) is 1. The lowest BCUT2D eigenvalue weighted by Crippen LogP contribution is -2.21. The third kappa shape index (κ3) is 8.29. The molecule has 0 aromatic heterocycles. The van der Waals surface area contributed by atoms with Gasteiger partial charge in [-0.25, -0.2) is 0 Å². The molecular formula is C19H39N. The van der Waals surface area contributed by atoms with E-state index in [0.29, 0.717) is 0 Å². The monoisotopic (exact) mass is 281 g/mol. The molecule has 1 fully saturated rings. The van der Waals surface area contributed by atoms with E-state index in [0.717, 1.165) is 11.8 Å². The Morgan fingerprint density at radius 3 is 1.90 bits per heavy atom. The van der Waals surface area contributed by atoms with E-state index in [4.69, 9.17) is 0 Å². The van der Waals surface area contributed by atoms with Crippen molar-refractivity contribution in [2.24, 2.45) is 11.8 Å². The van der Waals surface area contributed by atoms with Gasteiger partial charge in [0, 0.05) is 0 Å². The summed E-state index contributed by atoms with van der Waals surface area (Å²) in [6, 6.07) is 0. The molecule has 0 saturated heterocycles. The molecule has 2 unspecified atom stereocenters. The molecule has 1 saturated carbocycles. The molecule has 1 aliphatic rings. The van der Waals surface area contributed by atoms with Crippen molar-refractivity contribution in [3.63, 3.8) is 0 Å². The maximum atomic E-state index is 3.38. The molecule has 1 aliphatic carbocycles. The predicted molar refractivity (Wildman–Crippen MR) is 91.2 cm³/mol.